The number of hydrogen-bond acceptors (Lipinski definition) is 8. The number of carbonyl (C=O) groups is 3. The highest BCUT2D eigenvalue weighted by Gasteiger charge is 2.29. The summed E-state index contributed by atoms with van der Waals surface area (Å²) in [7, 11) is 1.53. The molecule has 2 atom stereocenters. The minimum atomic E-state index is -1.22. The van der Waals surface area contributed by atoms with E-state index in [1.807, 2.05) is 0 Å². The van der Waals surface area contributed by atoms with E-state index in [-0.39, 0.29) is 31.7 Å². The van der Waals surface area contributed by atoms with Crippen LogP contribution in [0.15, 0.2) is 72.8 Å². The summed E-state index contributed by atoms with van der Waals surface area (Å²) in [6.07, 6.45) is -0.945. The van der Waals surface area contributed by atoms with E-state index in [0.717, 1.165) is 0 Å². The molecule has 3 rings (SSSR count). The van der Waals surface area contributed by atoms with Crippen molar-refractivity contribution in [3.63, 3.8) is 0 Å². The molecule has 2 N–H and O–H groups in total. The number of hydrogen-bond donors (Lipinski definition) is 2. The minimum Gasteiger partial charge on any atom is -0.497 e. The van der Waals surface area contributed by atoms with Crippen molar-refractivity contribution in [2.24, 2.45) is 0 Å². The third kappa shape index (κ3) is 9.60. The molecule has 0 aliphatic rings. The number of carbonyl (C=O) groups excluding carboxylic acids is 3. The number of methoxy groups -OCH3 is 1. The molecule has 216 valence electrons. The van der Waals surface area contributed by atoms with E-state index in [1.165, 1.54) is 55.6 Å². The van der Waals surface area contributed by atoms with Crippen molar-refractivity contribution >= 4 is 23.7 Å². The van der Waals surface area contributed by atoms with Crippen LogP contribution in [-0.2, 0) is 38.5 Å². The van der Waals surface area contributed by atoms with Crippen molar-refractivity contribution in [1.82, 2.24) is 10.6 Å². The molecule has 0 spiro atoms. The van der Waals surface area contributed by atoms with Crippen molar-refractivity contribution in [3.8, 4) is 5.75 Å². The van der Waals surface area contributed by atoms with Gasteiger partial charge in [-0.15, -0.1) is 0 Å². The summed E-state index contributed by atoms with van der Waals surface area (Å²) in [5.41, 5.74) is 1.63. The van der Waals surface area contributed by atoms with Crippen LogP contribution in [0, 0.1) is 15.9 Å². The molecule has 3 aromatic rings. The molecule has 0 fully saturated rings. The van der Waals surface area contributed by atoms with Crippen LogP contribution < -0.4 is 15.4 Å². The van der Waals surface area contributed by atoms with Crippen molar-refractivity contribution in [1.29, 1.82) is 0 Å². The van der Waals surface area contributed by atoms with E-state index < -0.39 is 40.8 Å². The molecular weight excluding hydrogens is 537 g/mol. The molecule has 12 heteroatoms. The standard InChI is InChI=1S/C29H30FN3O8/c1-3-40-28(35)26(17-19-4-10-22(30)11-5-19)31-27(34)25(16-20-6-12-23(13-7-20)33(37)38)32-29(36)41-18-21-8-14-24(39-2)15-9-21/h4-15,25-26H,3,16-18H2,1-2H3,(H,31,34)(H,32,36)/t25-,26-/m0/s1. The minimum absolute atomic E-state index is 0.0109. The molecule has 0 saturated carbocycles. The summed E-state index contributed by atoms with van der Waals surface area (Å²) in [6, 6.07) is 15.4. The smallest absolute Gasteiger partial charge is 0.408 e. The number of benzene rings is 3. The Kier molecular flexibility index (Phi) is 11.1. The first-order valence-corrected chi connectivity index (χ1v) is 12.7. The summed E-state index contributed by atoms with van der Waals surface area (Å²) in [6.45, 7) is 1.60. The monoisotopic (exact) mass is 567 g/mol. The first kappa shape index (κ1) is 30.5. The average molecular weight is 568 g/mol. The van der Waals surface area contributed by atoms with E-state index in [1.54, 1.807) is 31.2 Å². The van der Waals surface area contributed by atoms with Gasteiger partial charge in [-0.2, -0.15) is 0 Å². The zero-order chi connectivity index (χ0) is 29.8. The Balaban J connectivity index is 1.76. The number of nitro groups is 1. The molecule has 0 saturated heterocycles. The predicted molar refractivity (Wildman–Crippen MR) is 146 cm³/mol. The van der Waals surface area contributed by atoms with Gasteiger partial charge in [-0.25, -0.2) is 14.0 Å². The maximum absolute atomic E-state index is 13.4. The Labute approximate surface area is 235 Å². The highest BCUT2D eigenvalue weighted by molar-refractivity contribution is 5.90. The summed E-state index contributed by atoms with van der Waals surface area (Å²) in [4.78, 5) is 49.2. The van der Waals surface area contributed by atoms with Crippen molar-refractivity contribution in [2.45, 2.75) is 38.5 Å². The molecular formula is C29H30FN3O8. The fourth-order valence-electron chi connectivity index (χ4n) is 3.82. The number of non-ortho nitro benzene ring substituents is 1. The average Bonchev–Trinajstić information content (AvgIpc) is 2.97. The number of halogens is 1. The summed E-state index contributed by atoms with van der Waals surface area (Å²) < 4.78 is 28.9. The Bertz CT molecular complexity index is 1330. The maximum Gasteiger partial charge on any atom is 0.408 e. The SMILES string of the molecule is CCOC(=O)[C@H](Cc1ccc(F)cc1)NC(=O)[C@H](Cc1ccc([N+](=O)[O-])cc1)NC(=O)OCc1ccc(OC)cc1. The van der Waals surface area contributed by atoms with E-state index in [9.17, 15) is 28.9 Å². The van der Waals surface area contributed by atoms with Crippen LogP contribution in [-0.4, -0.2) is 48.7 Å². The molecule has 3 aromatic carbocycles. The number of nitro benzene ring substituents is 1. The normalized spacial score (nSPS) is 12.0. The van der Waals surface area contributed by atoms with Gasteiger partial charge >= 0.3 is 12.1 Å². The number of rotatable bonds is 13. The second kappa shape index (κ2) is 15.0. The molecule has 41 heavy (non-hydrogen) atoms. The predicted octanol–water partition coefficient (Wildman–Crippen LogP) is 3.87. The van der Waals surface area contributed by atoms with Gasteiger partial charge in [-0.05, 0) is 47.9 Å². The molecule has 0 unspecified atom stereocenters. The summed E-state index contributed by atoms with van der Waals surface area (Å²) >= 11 is 0. The fourth-order valence-corrected chi connectivity index (χ4v) is 3.82. The van der Waals surface area contributed by atoms with Crippen LogP contribution >= 0.6 is 0 Å². The molecule has 0 aliphatic heterocycles. The number of amides is 2. The lowest BCUT2D eigenvalue weighted by Crippen LogP contribution is -2.53. The third-order valence-corrected chi connectivity index (χ3v) is 5.97. The maximum atomic E-state index is 13.4. The second-order valence-electron chi connectivity index (χ2n) is 8.89. The fraction of sp³-hybridized carbons (Fsp3) is 0.276. The topological polar surface area (TPSA) is 146 Å². The first-order valence-electron chi connectivity index (χ1n) is 12.7. The highest BCUT2D eigenvalue weighted by Crippen LogP contribution is 2.15. The number of nitrogens with one attached hydrogen (secondary N) is 2. The Morgan fingerprint density at radius 3 is 1.95 bits per heavy atom. The molecule has 0 bridgehead atoms. The Morgan fingerprint density at radius 1 is 0.829 bits per heavy atom. The van der Waals surface area contributed by atoms with Crippen molar-refractivity contribution in [2.75, 3.05) is 13.7 Å². The van der Waals surface area contributed by atoms with E-state index in [0.29, 0.717) is 22.4 Å². The van der Waals surface area contributed by atoms with Crippen molar-refractivity contribution in [3.05, 3.63) is 105 Å². The second-order valence-corrected chi connectivity index (χ2v) is 8.89. The Morgan fingerprint density at radius 2 is 1.39 bits per heavy atom. The van der Waals surface area contributed by atoms with E-state index >= 15 is 0 Å². The third-order valence-electron chi connectivity index (χ3n) is 5.97. The molecule has 0 aromatic heterocycles. The molecule has 0 aliphatic carbocycles. The largest absolute Gasteiger partial charge is 0.497 e. The van der Waals surface area contributed by atoms with Crippen molar-refractivity contribution < 1.29 is 37.9 Å². The highest BCUT2D eigenvalue weighted by atomic mass is 19.1. The van der Waals surface area contributed by atoms with Gasteiger partial charge in [0.25, 0.3) is 5.69 Å². The lowest BCUT2D eigenvalue weighted by atomic mass is 10.0. The zero-order valence-corrected chi connectivity index (χ0v) is 22.5. The van der Waals surface area contributed by atoms with Crippen LogP contribution in [0.5, 0.6) is 5.75 Å². The van der Waals surface area contributed by atoms with Gasteiger partial charge in [0.05, 0.1) is 18.6 Å². The molecule has 2 amide bonds. The zero-order valence-electron chi connectivity index (χ0n) is 22.5. The van der Waals surface area contributed by atoms with E-state index in [4.69, 9.17) is 14.2 Å². The van der Waals surface area contributed by atoms with Gasteiger partial charge < -0.3 is 24.8 Å². The van der Waals surface area contributed by atoms with Gasteiger partial charge in [-0.1, -0.05) is 36.4 Å². The molecule has 0 heterocycles. The number of ether oxygens (including phenoxy) is 3. The quantitative estimate of drug-likeness (QED) is 0.180. The molecule has 0 radical (unpaired) electrons. The Hall–Kier alpha value is -5.00. The van der Waals surface area contributed by atoms with Crippen LogP contribution in [0.3, 0.4) is 0 Å². The van der Waals surface area contributed by atoms with Crippen LogP contribution in [0.1, 0.15) is 23.6 Å². The van der Waals surface area contributed by atoms with Gasteiger partial charge in [0.15, 0.2) is 0 Å². The van der Waals surface area contributed by atoms with Crippen LogP contribution in [0.4, 0.5) is 14.9 Å². The first-order chi connectivity index (χ1) is 19.7. The van der Waals surface area contributed by atoms with Gasteiger partial charge in [0.2, 0.25) is 5.91 Å². The van der Waals surface area contributed by atoms with Gasteiger partial charge in [-0.3, -0.25) is 14.9 Å². The number of nitrogens with zero attached hydrogens (tertiary/aromatic N) is 1. The summed E-state index contributed by atoms with van der Waals surface area (Å²) in [5.74, 6) is -1.24. The lowest BCUT2D eigenvalue weighted by molar-refractivity contribution is -0.384. The summed E-state index contributed by atoms with van der Waals surface area (Å²) in [5, 5.41) is 16.1. The van der Waals surface area contributed by atoms with Gasteiger partial charge in [0.1, 0.15) is 30.3 Å². The molecule has 11 nitrogen and oxygen atoms in total. The van der Waals surface area contributed by atoms with Crippen LogP contribution in [0.25, 0.3) is 0 Å². The van der Waals surface area contributed by atoms with Crippen LogP contribution in [0.2, 0.25) is 0 Å². The van der Waals surface area contributed by atoms with Gasteiger partial charge in [0, 0.05) is 25.0 Å². The number of esters is 1. The number of alkyl carbamates (subject to hydrolysis) is 1. The lowest BCUT2D eigenvalue weighted by Gasteiger charge is -2.23. The van der Waals surface area contributed by atoms with E-state index in [2.05, 4.69) is 10.6 Å².